The van der Waals surface area contributed by atoms with Crippen molar-refractivity contribution < 1.29 is 29.0 Å². The number of anilines is 2. The van der Waals surface area contributed by atoms with Gasteiger partial charge in [0.05, 0.1) is 12.8 Å². The molecule has 8 heteroatoms. The van der Waals surface area contributed by atoms with E-state index in [0.717, 1.165) is 24.1 Å². The topological polar surface area (TPSA) is 105 Å². The summed E-state index contributed by atoms with van der Waals surface area (Å²) in [6.07, 6.45) is 1.19. The smallest absolute Gasteiger partial charge is 0.414 e. The predicted molar refractivity (Wildman–Crippen MR) is 81.6 cm³/mol. The Morgan fingerprint density at radius 2 is 2.09 bits per heavy atom. The first-order valence-electron chi connectivity index (χ1n) is 7.09. The lowest BCUT2D eigenvalue weighted by Gasteiger charge is -2.28. The van der Waals surface area contributed by atoms with E-state index in [9.17, 15) is 14.4 Å². The second-order valence-electron chi connectivity index (χ2n) is 5.00. The van der Waals surface area contributed by atoms with Gasteiger partial charge in [0.25, 0.3) is 0 Å². The molecule has 124 valence electrons. The third-order valence-corrected chi connectivity index (χ3v) is 3.34. The van der Waals surface area contributed by atoms with Gasteiger partial charge in [-0.1, -0.05) is 0 Å². The van der Waals surface area contributed by atoms with Gasteiger partial charge in [-0.05, 0) is 36.6 Å². The summed E-state index contributed by atoms with van der Waals surface area (Å²) in [6, 6.07) is 5.22. The van der Waals surface area contributed by atoms with Crippen LogP contribution in [0.2, 0.25) is 0 Å². The van der Waals surface area contributed by atoms with Crippen LogP contribution in [0.1, 0.15) is 12.0 Å². The number of methoxy groups -OCH3 is 1. The van der Waals surface area contributed by atoms with E-state index in [1.165, 1.54) is 7.11 Å². The molecule has 1 aromatic rings. The van der Waals surface area contributed by atoms with Gasteiger partial charge in [0.15, 0.2) is 0 Å². The summed E-state index contributed by atoms with van der Waals surface area (Å²) >= 11 is 0. The predicted octanol–water partition coefficient (Wildman–Crippen LogP) is 1.25. The van der Waals surface area contributed by atoms with Crippen molar-refractivity contribution in [3.05, 3.63) is 23.8 Å². The van der Waals surface area contributed by atoms with Gasteiger partial charge in [0.1, 0.15) is 13.2 Å². The molecule has 0 saturated carbocycles. The van der Waals surface area contributed by atoms with Crippen LogP contribution in [0.3, 0.4) is 0 Å². The number of carbonyl (C=O) groups excluding carboxylic acids is 2. The number of carboxylic acids is 1. The normalized spacial score (nSPS) is 13.2. The van der Waals surface area contributed by atoms with Gasteiger partial charge in [0.2, 0.25) is 5.91 Å². The number of nitrogens with one attached hydrogen (secondary N) is 1. The van der Waals surface area contributed by atoms with Gasteiger partial charge in [0, 0.05) is 12.2 Å². The summed E-state index contributed by atoms with van der Waals surface area (Å²) < 4.78 is 9.48. The first kappa shape index (κ1) is 16.8. The molecule has 0 saturated heterocycles. The van der Waals surface area contributed by atoms with E-state index in [-0.39, 0.29) is 6.61 Å². The fourth-order valence-corrected chi connectivity index (χ4v) is 2.40. The average Bonchev–Trinajstić information content (AvgIpc) is 2.53. The van der Waals surface area contributed by atoms with Crippen LogP contribution in [0.5, 0.6) is 0 Å². The molecule has 1 heterocycles. The van der Waals surface area contributed by atoms with E-state index < -0.39 is 24.6 Å². The highest BCUT2D eigenvalue weighted by atomic mass is 16.5. The lowest BCUT2D eigenvalue weighted by Crippen LogP contribution is -2.35. The van der Waals surface area contributed by atoms with Crippen molar-refractivity contribution in [2.75, 3.05) is 37.1 Å². The minimum atomic E-state index is -1.13. The number of carbonyl (C=O) groups is 3. The van der Waals surface area contributed by atoms with Crippen LogP contribution in [0, 0.1) is 0 Å². The standard InChI is InChI=1S/C15H18N2O6/c1-22-15(21)17-6-2-3-10-7-11(4-5-12(10)17)16-13(18)8-23-9-14(19)20/h4-5,7H,2-3,6,8-9H2,1H3,(H,16,18)(H,19,20). The summed E-state index contributed by atoms with van der Waals surface area (Å²) in [6.45, 7) is -0.266. The molecule has 8 nitrogen and oxygen atoms in total. The number of ether oxygens (including phenoxy) is 2. The third kappa shape index (κ3) is 4.43. The van der Waals surface area contributed by atoms with E-state index in [4.69, 9.17) is 14.6 Å². The fraction of sp³-hybridized carbons (Fsp3) is 0.400. The van der Waals surface area contributed by atoms with Crippen molar-refractivity contribution in [3.8, 4) is 0 Å². The van der Waals surface area contributed by atoms with Gasteiger partial charge >= 0.3 is 12.1 Å². The average molecular weight is 322 g/mol. The van der Waals surface area contributed by atoms with Crippen molar-refractivity contribution in [3.63, 3.8) is 0 Å². The maximum atomic E-state index is 11.7. The quantitative estimate of drug-likeness (QED) is 0.845. The Labute approximate surface area is 133 Å². The maximum Gasteiger partial charge on any atom is 0.414 e. The molecule has 2 rings (SSSR count). The number of rotatable bonds is 5. The van der Waals surface area contributed by atoms with Crippen LogP contribution in [-0.4, -0.2) is 49.9 Å². The van der Waals surface area contributed by atoms with E-state index >= 15 is 0 Å². The highest BCUT2D eigenvalue weighted by Gasteiger charge is 2.23. The highest BCUT2D eigenvalue weighted by molar-refractivity contribution is 5.93. The molecule has 0 bridgehead atoms. The number of aryl methyl sites for hydroxylation is 1. The van der Waals surface area contributed by atoms with Gasteiger partial charge in [-0.2, -0.15) is 0 Å². The molecule has 1 aliphatic rings. The van der Waals surface area contributed by atoms with Crippen LogP contribution in [0.25, 0.3) is 0 Å². The summed E-state index contributed by atoms with van der Waals surface area (Å²) in [4.78, 5) is 35.3. The highest BCUT2D eigenvalue weighted by Crippen LogP contribution is 2.30. The van der Waals surface area contributed by atoms with Crippen LogP contribution >= 0.6 is 0 Å². The van der Waals surface area contributed by atoms with Crippen molar-refractivity contribution in [2.45, 2.75) is 12.8 Å². The Kier molecular flexibility index (Phi) is 5.53. The van der Waals surface area contributed by atoms with Crippen LogP contribution in [0.15, 0.2) is 18.2 Å². The van der Waals surface area contributed by atoms with Crippen LogP contribution in [0.4, 0.5) is 16.2 Å². The van der Waals surface area contributed by atoms with Crippen molar-refractivity contribution in [1.29, 1.82) is 0 Å². The zero-order valence-corrected chi connectivity index (χ0v) is 12.7. The summed E-state index contributed by atoms with van der Waals surface area (Å²) in [5, 5.41) is 11.1. The van der Waals surface area contributed by atoms with Crippen LogP contribution < -0.4 is 10.2 Å². The molecule has 0 radical (unpaired) electrons. The SMILES string of the molecule is COC(=O)N1CCCc2cc(NC(=O)COCC(=O)O)ccc21. The molecule has 0 unspecified atom stereocenters. The van der Waals surface area contributed by atoms with Gasteiger partial charge < -0.3 is 19.9 Å². The second-order valence-corrected chi connectivity index (χ2v) is 5.00. The number of hydrogen-bond donors (Lipinski definition) is 2. The van der Waals surface area contributed by atoms with E-state index in [0.29, 0.717) is 12.2 Å². The maximum absolute atomic E-state index is 11.7. The number of hydrogen-bond acceptors (Lipinski definition) is 5. The Hall–Kier alpha value is -2.61. The summed E-state index contributed by atoms with van der Waals surface area (Å²) in [5.41, 5.74) is 2.27. The molecule has 0 aliphatic carbocycles. The molecule has 1 aliphatic heterocycles. The molecular weight excluding hydrogens is 304 g/mol. The van der Waals surface area contributed by atoms with Gasteiger partial charge in [-0.25, -0.2) is 9.59 Å². The Morgan fingerprint density at radius 1 is 1.30 bits per heavy atom. The van der Waals surface area contributed by atoms with Crippen molar-refractivity contribution >= 4 is 29.3 Å². The molecule has 2 amide bonds. The molecule has 0 fully saturated rings. The molecule has 1 aromatic carbocycles. The summed E-state index contributed by atoms with van der Waals surface area (Å²) in [5.74, 6) is -1.57. The first-order valence-corrected chi connectivity index (χ1v) is 7.09. The molecule has 0 spiro atoms. The van der Waals surface area contributed by atoms with E-state index in [1.54, 1.807) is 23.1 Å². The molecule has 0 atom stereocenters. The van der Waals surface area contributed by atoms with Gasteiger partial charge in [-0.15, -0.1) is 0 Å². The number of amides is 2. The van der Waals surface area contributed by atoms with Crippen molar-refractivity contribution in [1.82, 2.24) is 0 Å². The number of fused-ring (bicyclic) bond motifs is 1. The number of nitrogens with zero attached hydrogens (tertiary/aromatic N) is 1. The minimum absolute atomic E-state index is 0.336. The second kappa shape index (κ2) is 7.59. The number of carboxylic acid groups (broad SMARTS) is 1. The van der Waals surface area contributed by atoms with Crippen LogP contribution in [-0.2, 0) is 25.5 Å². The number of aliphatic carboxylic acids is 1. The molecule has 2 N–H and O–H groups in total. The lowest BCUT2D eigenvalue weighted by atomic mass is 10.0. The Balaban J connectivity index is 2.02. The van der Waals surface area contributed by atoms with Gasteiger partial charge in [-0.3, -0.25) is 9.69 Å². The Morgan fingerprint density at radius 3 is 2.78 bits per heavy atom. The summed E-state index contributed by atoms with van der Waals surface area (Å²) in [7, 11) is 1.34. The minimum Gasteiger partial charge on any atom is -0.480 e. The van der Waals surface area contributed by atoms with Crippen molar-refractivity contribution in [2.24, 2.45) is 0 Å². The third-order valence-electron chi connectivity index (χ3n) is 3.34. The zero-order chi connectivity index (χ0) is 16.8. The fourth-order valence-electron chi connectivity index (χ4n) is 2.40. The number of benzene rings is 1. The van der Waals surface area contributed by atoms with E-state index in [1.807, 2.05) is 0 Å². The largest absolute Gasteiger partial charge is 0.480 e. The monoisotopic (exact) mass is 322 g/mol. The van der Waals surface area contributed by atoms with E-state index in [2.05, 4.69) is 5.32 Å². The molecular formula is C15H18N2O6. The first-order chi connectivity index (χ1) is 11.0. The Bertz CT molecular complexity index is 616. The molecule has 0 aromatic heterocycles. The zero-order valence-electron chi connectivity index (χ0n) is 12.7. The lowest BCUT2D eigenvalue weighted by molar-refractivity contribution is -0.143. The molecule has 23 heavy (non-hydrogen) atoms.